The highest BCUT2D eigenvalue weighted by molar-refractivity contribution is 8.00. The molecule has 1 atom stereocenters. The first-order chi connectivity index (χ1) is 11.4. The molecule has 1 aliphatic rings. The molecule has 126 valence electrons. The van der Waals surface area contributed by atoms with E-state index in [4.69, 9.17) is 0 Å². The fourth-order valence-corrected chi connectivity index (χ4v) is 4.16. The number of anilines is 1. The van der Waals surface area contributed by atoms with Gasteiger partial charge in [-0.05, 0) is 53.8 Å². The lowest BCUT2D eigenvalue weighted by molar-refractivity contribution is -0.115. The highest BCUT2D eigenvalue weighted by Crippen LogP contribution is 2.44. The first-order valence-electron chi connectivity index (χ1n) is 7.94. The number of nitrogens with zero attached hydrogens (tertiary/aromatic N) is 1. The van der Waals surface area contributed by atoms with E-state index >= 15 is 0 Å². The van der Waals surface area contributed by atoms with Crippen molar-refractivity contribution >= 4 is 23.4 Å². The summed E-state index contributed by atoms with van der Waals surface area (Å²) in [4.78, 5) is 14.3. The number of carbonyl (C=O) groups is 1. The zero-order valence-corrected chi connectivity index (χ0v) is 14.8. The number of hydrogen-bond donors (Lipinski definition) is 2. The largest absolute Gasteiger partial charge is 0.508 e. The number of carbonyl (C=O) groups excluding carboxylic acids is 1. The van der Waals surface area contributed by atoms with E-state index in [1.807, 2.05) is 39.0 Å². The molecular weight excluding hydrogens is 322 g/mol. The number of rotatable bonds is 3. The summed E-state index contributed by atoms with van der Waals surface area (Å²) in [6, 6.07) is 10.6. The van der Waals surface area contributed by atoms with E-state index < -0.39 is 0 Å². The summed E-state index contributed by atoms with van der Waals surface area (Å²) in [6.07, 6.45) is 0. The van der Waals surface area contributed by atoms with Crippen LogP contribution in [-0.2, 0) is 4.79 Å². The monoisotopic (exact) mass is 343 g/mol. The van der Waals surface area contributed by atoms with Gasteiger partial charge in [-0.25, -0.2) is 0 Å². The molecule has 5 heteroatoms. The molecule has 1 amide bonds. The fourth-order valence-electron chi connectivity index (χ4n) is 2.99. The van der Waals surface area contributed by atoms with Gasteiger partial charge in [0.2, 0.25) is 5.91 Å². The molecule has 0 aromatic heterocycles. The number of hydrogen-bond acceptors (Lipinski definition) is 4. The average Bonchev–Trinajstić information content (AvgIpc) is 2.89. The van der Waals surface area contributed by atoms with Crippen LogP contribution in [0.3, 0.4) is 0 Å². The Kier molecular flexibility index (Phi) is 4.45. The molecule has 1 heterocycles. The Morgan fingerprint density at radius 1 is 1.17 bits per heavy atom. The van der Waals surface area contributed by atoms with Crippen molar-refractivity contribution in [2.75, 3.05) is 10.7 Å². The SMILES string of the molecule is Cc1cc(O)c(C(C)C)cc1N1C(=O)CSC1c1ccc(O)cc1. The third-order valence-corrected chi connectivity index (χ3v) is 5.49. The van der Waals surface area contributed by atoms with Gasteiger partial charge in [-0.15, -0.1) is 11.8 Å². The van der Waals surface area contributed by atoms with Crippen molar-refractivity contribution in [3.05, 3.63) is 53.1 Å². The van der Waals surface area contributed by atoms with Gasteiger partial charge >= 0.3 is 0 Å². The Balaban J connectivity index is 2.07. The van der Waals surface area contributed by atoms with Gasteiger partial charge < -0.3 is 10.2 Å². The highest BCUT2D eigenvalue weighted by Gasteiger charge is 2.35. The van der Waals surface area contributed by atoms with Crippen molar-refractivity contribution in [2.45, 2.75) is 32.1 Å². The van der Waals surface area contributed by atoms with Crippen molar-refractivity contribution in [2.24, 2.45) is 0 Å². The molecule has 2 aromatic rings. The minimum atomic E-state index is -0.124. The van der Waals surface area contributed by atoms with Crippen LogP contribution in [0.1, 0.15) is 41.8 Å². The standard InChI is InChI=1S/C19H21NO3S/c1-11(2)15-9-16(12(3)8-17(15)22)20-18(23)10-24-19(20)13-4-6-14(21)7-5-13/h4-9,11,19,21-22H,10H2,1-3H3. The molecule has 0 spiro atoms. The average molecular weight is 343 g/mol. The molecule has 3 rings (SSSR count). The predicted octanol–water partition coefficient (Wildman–Crippen LogP) is 4.31. The van der Waals surface area contributed by atoms with Gasteiger partial charge in [-0.2, -0.15) is 0 Å². The minimum absolute atomic E-state index is 0.0570. The second-order valence-electron chi connectivity index (χ2n) is 6.37. The van der Waals surface area contributed by atoms with Crippen LogP contribution in [0.5, 0.6) is 11.5 Å². The molecular formula is C19H21NO3S. The van der Waals surface area contributed by atoms with Crippen molar-refractivity contribution in [3.63, 3.8) is 0 Å². The molecule has 2 N–H and O–H groups in total. The number of amides is 1. The van der Waals surface area contributed by atoms with Gasteiger partial charge in [0.05, 0.1) is 5.75 Å². The van der Waals surface area contributed by atoms with E-state index in [1.54, 1.807) is 34.9 Å². The summed E-state index contributed by atoms with van der Waals surface area (Å²) in [7, 11) is 0. The second kappa shape index (κ2) is 6.40. The normalized spacial score (nSPS) is 17.8. The van der Waals surface area contributed by atoms with Crippen LogP contribution in [-0.4, -0.2) is 21.9 Å². The molecule has 1 saturated heterocycles. The zero-order chi connectivity index (χ0) is 17.4. The number of phenolic OH excluding ortho intramolecular Hbond substituents is 2. The topological polar surface area (TPSA) is 60.8 Å². The highest BCUT2D eigenvalue weighted by atomic mass is 32.2. The second-order valence-corrected chi connectivity index (χ2v) is 7.44. The summed E-state index contributed by atoms with van der Waals surface area (Å²) >= 11 is 1.57. The summed E-state index contributed by atoms with van der Waals surface area (Å²) in [6.45, 7) is 5.95. The molecule has 0 aliphatic carbocycles. The van der Waals surface area contributed by atoms with Crippen LogP contribution in [0.2, 0.25) is 0 Å². The summed E-state index contributed by atoms with van der Waals surface area (Å²) < 4.78 is 0. The first-order valence-corrected chi connectivity index (χ1v) is 8.99. The Labute approximate surface area is 146 Å². The third kappa shape index (κ3) is 2.96. The maximum Gasteiger partial charge on any atom is 0.238 e. The van der Waals surface area contributed by atoms with E-state index in [2.05, 4.69) is 0 Å². The summed E-state index contributed by atoms with van der Waals surface area (Å²) in [5.41, 5.74) is 3.52. The Bertz CT molecular complexity index is 771. The lowest BCUT2D eigenvalue weighted by Crippen LogP contribution is -2.28. The van der Waals surface area contributed by atoms with Crippen LogP contribution < -0.4 is 4.90 Å². The number of phenols is 2. The van der Waals surface area contributed by atoms with Crippen LogP contribution in [0.15, 0.2) is 36.4 Å². The van der Waals surface area contributed by atoms with Gasteiger partial charge in [0.15, 0.2) is 0 Å². The van der Waals surface area contributed by atoms with Crippen molar-refractivity contribution in [1.82, 2.24) is 0 Å². The molecule has 1 aliphatic heterocycles. The van der Waals surface area contributed by atoms with Crippen molar-refractivity contribution < 1.29 is 15.0 Å². The van der Waals surface area contributed by atoms with Gasteiger partial charge in [-0.1, -0.05) is 26.0 Å². The molecule has 4 nitrogen and oxygen atoms in total. The van der Waals surface area contributed by atoms with E-state index in [-0.39, 0.29) is 28.7 Å². The van der Waals surface area contributed by atoms with Gasteiger partial charge in [-0.3, -0.25) is 9.69 Å². The molecule has 2 aromatic carbocycles. The van der Waals surface area contributed by atoms with Crippen LogP contribution in [0, 0.1) is 6.92 Å². The maximum atomic E-state index is 12.5. The molecule has 24 heavy (non-hydrogen) atoms. The molecule has 1 fully saturated rings. The minimum Gasteiger partial charge on any atom is -0.508 e. The summed E-state index contributed by atoms with van der Waals surface area (Å²) in [5, 5.41) is 19.5. The Morgan fingerprint density at radius 2 is 1.83 bits per heavy atom. The van der Waals surface area contributed by atoms with Crippen molar-refractivity contribution in [1.29, 1.82) is 0 Å². The fraction of sp³-hybridized carbons (Fsp3) is 0.316. The van der Waals surface area contributed by atoms with Gasteiger partial charge in [0, 0.05) is 5.69 Å². The summed E-state index contributed by atoms with van der Waals surface area (Å²) in [5.74, 6) is 1.13. The smallest absolute Gasteiger partial charge is 0.238 e. The zero-order valence-electron chi connectivity index (χ0n) is 14.0. The quantitative estimate of drug-likeness (QED) is 0.872. The molecule has 0 radical (unpaired) electrons. The third-order valence-electron chi connectivity index (χ3n) is 4.27. The lowest BCUT2D eigenvalue weighted by Gasteiger charge is -2.27. The van der Waals surface area contributed by atoms with E-state index in [0.29, 0.717) is 5.75 Å². The predicted molar refractivity (Wildman–Crippen MR) is 97.7 cm³/mol. The number of aryl methyl sites for hydroxylation is 1. The first kappa shape index (κ1) is 16.7. The van der Waals surface area contributed by atoms with Gasteiger partial charge in [0.1, 0.15) is 16.9 Å². The van der Waals surface area contributed by atoms with Crippen LogP contribution in [0.25, 0.3) is 0 Å². The van der Waals surface area contributed by atoms with Crippen LogP contribution in [0.4, 0.5) is 5.69 Å². The maximum absolute atomic E-state index is 12.5. The van der Waals surface area contributed by atoms with E-state index in [9.17, 15) is 15.0 Å². The Hall–Kier alpha value is -2.14. The lowest BCUT2D eigenvalue weighted by atomic mass is 9.98. The van der Waals surface area contributed by atoms with Crippen LogP contribution >= 0.6 is 11.8 Å². The number of benzene rings is 2. The molecule has 0 saturated carbocycles. The number of aromatic hydroxyl groups is 2. The van der Waals surface area contributed by atoms with Gasteiger partial charge in [0.25, 0.3) is 0 Å². The van der Waals surface area contributed by atoms with E-state index in [1.165, 1.54) is 0 Å². The Morgan fingerprint density at radius 3 is 2.46 bits per heavy atom. The molecule has 1 unspecified atom stereocenters. The van der Waals surface area contributed by atoms with E-state index in [0.717, 1.165) is 22.4 Å². The molecule has 0 bridgehead atoms. The van der Waals surface area contributed by atoms with Crippen molar-refractivity contribution in [3.8, 4) is 11.5 Å². The number of thioether (sulfide) groups is 1.